The molecule has 4 rings (SSSR count). The van der Waals surface area contributed by atoms with Gasteiger partial charge in [-0.3, -0.25) is 4.79 Å². The molecule has 1 aliphatic rings. The van der Waals surface area contributed by atoms with Crippen LogP contribution < -0.4 is 0 Å². The third-order valence-corrected chi connectivity index (χ3v) is 8.41. The molecule has 0 radical (unpaired) electrons. The van der Waals surface area contributed by atoms with Crippen molar-refractivity contribution in [3.05, 3.63) is 75.9 Å². The highest BCUT2D eigenvalue weighted by atomic mass is 32.2. The maximum absolute atomic E-state index is 13.4. The van der Waals surface area contributed by atoms with Crippen molar-refractivity contribution in [2.75, 3.05) is 13.1 Å². The van der Waals surface area contributed by atoms with Gasteiger partial charge in [0.05, 0.1) is 24.2 Å². The summed E-state index contributed by atoms with van der Waals surface area (Å²) in [5.74, 6) is 0.457. The van der Waals surface area contributed by atoms with E-state index in [0.29, 0.717) is 43.1 Å². The van der Waals surface area contributed by atoms with E-state index in [-0.39, 0.29) is 10.8 Å². The highest BCUT2D eigenvalue weighted by Crippen LogP contribution is 2.26. The lowest BCUT2D eigenvalue weighted by atomic mass is 10.1. The Morgan fingerprint density at radius 3 is 2.58 bits per heavy atom. The minimum Gasteiger partial charge on any atom is -0.467 e. The second-order valence-electron chi connectivity index (χ2n) is 7.76. The van der Waals surface area contributed by atoms with Crippen LogP contribution in [0.1, 0.15) is 45.8 Å². The van der Waals surface area contributed by atoms with Gasteiger partial charge in [-0.25, -0.2) is 8.42 Å². The number of thiophene rings is 1. The van der Waals surface area contributed by atoms with Crippen LogP contribution in [0.5, 0.6) is 0 Å². The van der Waals surface area contributed by atoms with Gasteiger partial charge in [0.15, 0.2) is 0 Å². The van der Waals surface area contributed by atoms with Gasteiger partial charge in [0.2, 0.25) is 10.0 Å². The van der Waals surface area contributed by atoms with Crippen LogP contribution in [0.4, 0.5) is 0 Å². The molecular weight excluding hydrogens is 432 g/mol. The highest BCUT2D eigenvalue weighted by Gasteiger charge is 2.29. The van der Waals surface area contributed by atoms with E-state index < -0.39 is 10.0 Å². The van der Waals surface area contributed by atoms with Gasteiger partial charge in [0.25, 0.3) is 5.91 Å². The number of rotatable bonds is 7. The van der Waals surface area contributed by atoms with Gasteiger partial charge in [-0.2, -0.15) is 4.31 Å². The van der Waals surface area contributed by atoms with Crippen LogP contribution in [0.2, 0.25) is 0 Å². The molecule has 1 amide bonds. The van der Waals surface area contributed by atoms with Crippen molar-refractivity contribution >= 4 is 27.3 Å². The van der Waals surface area contributed by atoms with E-state index in [1.165, 1.54) is 6.07 Å². The first-order valence-electron chi connectivity index (χ1n) is 10.4. The van der Waals surface area contributed by atoms with Crippen LogP contribution in [0.25, 0.3) is 0 Å². The Morgan fingerprint density at radius 1 is 1.10 bits per heavy atom. The number of aryl methyl sites for hydroxylation is 1. The monoisotopic (exact) mass is 458 g/mol. The molecule has 1 fully saturated rings. The Bertz CT molecular complexity index is 1080. The summed E-state index contributed by atoms with van der Waals surface area (Å²) in [6, 6.07) is 12.5. The quantitative estimate of drug-likeness (QED) is 0.516. The van der Waals surface area contributed by atoms with Crippen molar-refractivity contribution in [1.29, 1.82) is 0 Å². The Hall–Kier alpha value is -2.42. The van der Waals surface area contributed by atoms with E-state index in [1.54, 1.807) is 51.9 Å². The first-order chi connectivity index (χ1) is 14.9. The zero-order valence-electron chi connectivity index (χ0n) is 17.5. The third-order valence-electron chi connectivity index (χ3n) is 5.51. The SMILES string of the molecule is Cc1ccc(C(=O)N(Cc2ccco2)Cc2cccs2)cc1S(=O)(=O)N1CCCCC1. The Balaban J connectivity index is 1.64. The molecule has 0 saturated carbocycles. The lowest BCUT2D eigenvalue weighted by Gasteiger charge is -2.27. The fourth-order valence-corrected chi connectivity index (χ4v) is 6.31. The minimum atomic E-state index is -3.63. The average molecular weight is 459 g/mol. The summed E-state index contributed by atoms with van der Waals surface area (Å²) in [6.45, 7) is 3.58. The molecule has 6 nitrogen and oxygen atoms in total. The molecule has 1 saturated heterocycles. The van der Waals surface area contributed by atoms with E-state index in [9.17, 15) is 13.2 Å². The number of hydrogen-bond acceptors (Lipinski definition) is 5. The van der Waals surface area contributed by atoms with Gasteiger partial charge in [0, 0.05) is 23.5 Å². The summed E-state index contributed by atoms with van der Waals surface area (Å²) in [4.78, 5) is 16.4. The lowest BCUT2D eigenvalue weighted by molar-refractivity contribution is 0.0719. The second-order valence-corrected chi connectivity index (χ2v) is 10.7. The van der Waals surface area contributed by atoms with Gasteiger partial charge < -0.3 is 9.32 Å². The van der Waals surface area contributed by atoms with Gasteiger partial charge in [-0.15, -0.1) is 11.3 Å². The summed E-state index contributed by atoms with van der Waals surface area (Å²) in [7, 11) is -3.63. The molecule has 2 aromatic heterocycles. The van der Waals surface area contributed by atoms with E-state index in [1.807, 2.05) is 23.6 Å². The first-order valence-corrected chi connectivity index (χ1v) is 12.7. The zero-order chi connectivity index (χ0) is 21.8. The number of piperidine rings is 1. The molecule has 3 aromatic rings. The van der Waals surface area contributed by atoms with Crippen LogP contribution in [0, 0.1) is 6.92 Å². The molecule has 0 N–H and O–H groups in total. The van der Waals surface area contributed by atoms with Crippen molar-refractivity contribution in [3.63, 3.8) is 0 Å². The fraction of sp³-hybridized carbons (Fsp3) is 0.348. The van der Waals surface area contributed by atoms with Gasteiger partial charge >= 0.3 is 0 Å². The second kappa shape index (κ2) is 9.38. The predicted octanol–water partition coefficient (Wildman–Crippen LogP) is 4.67. The minimum absolute atomic E-state index is 0.217. The lowest BCUT2D eigenvalue weighted by Crippen LogP contribution is -2.36. The summed E-state index contributed by atoms with van der Waals surface area (Å²) in [6.07, 6.45) is 4.37. The molecule has 3 heterocycles. The standard InChI is InChI=1S/C23H26N2O4S2/c1-18-9-10-19(15-22(18)31(27,28)25-11-3-2-4-12-25)23(26)24(16-20-7-5-13-29-20)17-21-8-6-14-30-21/h5-10,13-15H,2-4,11-12,16-17H2,1H3. The van der Waals surface area contributed by atoms with E-state index in [0.717, 1.165) is 24.1 Å². The van der Waals surface area contributed by atoms with Crippen LogP contribution in [-0.2, 0) is 23.1 Å². The molecule has 0 aliphatic carbocycles. The first kappa shape index (κ1) is 21.8. The largest absolute Gasteiger partial charge is 0.467 e. The maximum Gasteiger partial charge on any atom is 0.254 e. The summed E-state index contributed by atoms with van der Waals surface area (Å²) in [5.41, 5.74) is 1.02. The van der Waals surface area contributed by atoms with Crippen molar-refractivity contribution in [2.45, 2.75) is 44.2 Å². The number of hydrogen-bond donors (Lipinski definition) is 0. The zero-order valence-corrected chi connectivity index (χ0v) is 19.1. The van der Waals surface area contributed by atoms with E-state index >= 15 is 0 Å². The molecule has 1 aliphatic heterocycles. The summed E-state index contributed by atoms with van der Waals surface area (Å²) < 4.78 is 33.5. The topological polar surface area (TPSA) is 70.8 Å². The van der Waals surface area contributed by atoms with Crippen LogP contribution in [-0.4, -0.2) is 36.6 Å². The number of furan rings is 1. The van der Waals surface area contributed by atoms with Crippen LogP contribution >= 0.6 is 11.3 Å². The number of benzene rings is 1. The fourth-order valence-electron chi connectivity index (χ4n) is 3.82. The summed E-state index contributed by atoms with van der Waals surface area (Å²) in [5, 5.41) is 1.97. The Labute approximate surface area is 187 Å². The molecule has 0 bridgehead atoms. The normalized spacial score (nSPS) is 15.1. The van der Waals surface area contributed by atoms with E-state index in [2.05, 4.69) is 0 Å². The molecule has 0 spiro atoms. The van der Waals surface area contributed by atoms with E-state index in [4.69, 9.17) is 4.42 Å². The van der Waals surface area contributed by atoms with Crippen molar-refractivity contribution in [1.82, 2.24) is 9.21 Å². The van der Waals surface area contributed by atoms with Crippen LogP contribution in [0.3, 0.4) is 0 Å². The Morgan fingerprint density at radius 2 is 1.90 bits per heavy atom. The number of carbonyl (C=O) groups is 1. The highest BCUT2D eigenvalue weighted by molar-refractivity contribution is 7.89. The molecule has 164 valence electrons. The molecular formula is C23H26N2O4S2. The van der Waals surface area contributed by atoms with Crippen molar-refractivity contribution in [3.8, 4) is 0 Å². The number of sulfonamides is 1. The molecule has 31 heavy (non-hydrogen) atoms. The number of nitrogens with zero attached hydrogens (tertiary/aromatic N) is 2. The molecule has 0 atom stereocenters. The van der Waals surface area contributed by atoms with Gasteiger partial charge in [0.1, 0.15) is 5.76 Å². The molecule has 0 unspecified atom stereocenters. The van der Waals surface area contributed by atoms with Crippen molar-refractivity contribution in [2.24, 2.45) is 0 Å². The average Bonchev–Trinajstić information content (AvgIpc) is 3.48. The Kier molecular flexibility index (Phi) is 6.60. The maximum atomic E-state index is 13.4. The van der Waals surface area contributed by atoms with Gasteiger partial charge in [-0.1, -0.05) is 18.6 Å². The molecule has 1 aromatic carbocycles. The summed E-state index contributed by atoms with van der Waals surface area (Å²) >= 11 is 1.58. The van der Waals surface area contributed by atoms with Crippen LogP contribution in [0.15, 0.2) is 63.4 Å². The van der Waals surface area contributed by atoms with Gasteiger partial charge in [-0.05, 0) is 61.0 Å². The van der Waals surface area contributed by atoms with Crippen molar-refractivity contribution < 1.29 is 17.6 Å². The smallest absolute Gasteiger partial charge is 0.254 e. The number of amides is 1. The predicted molar refractivity (Wildman–Crippen MR) is 120 cm³/mol. The number of carbonyl (C=O) groups excluding carboxylic acids is 1. The molecule has 8 heteroatoms. The third kappa shape index (κ3) is 4.92.